The van der Waals surface area contributed by atoms with E-state index in [1.54, 1.807) is 7.11 Å². The van der Waals surface area contributed by atoms with Crippen molar-refractivity contribution >= 4 is 10.9 Å². The maximum Gasteiger partial charge on any atom is 0.253 e. The lowest BCUT2D eigenvalue weighted by molar-refractivity contribution is 0.0889. The molecule has 170 valence electrons. The molecule has 2 aromatic heterocycles. The monoisotopic (exact) mass is 438 g/mol. The van der Waals surface area contributed by atoms with E-state index < -0.39 is 0 Å². The molecule has 32 heavy (non-hydrogen) atoms. The minimum absolute atomic E-state index is 0.112. The second kappa shape index (κ2) is 8.99. The van der Waals surface area contributed by atoms with Gasteiger partial charge in [-0.15, -0.1) is 5.10 Å². The molecular formula is C23H30N6O3. The van der Waals surface area contributed by atoms with Crippen molar-refractivity contribution in [3.63, 3.8) is 0 Å². The molecule has 2 aliphatic heterocycles. The molecule has 0 radical (unpaired) electrons. The number of pyridine rings is 1. The number of aromatic nitrogens is 5. The summed E-state index contributed by atoms with van der Waals surface area (Å²) in [6.07, 6.45) is 4.46. The molecule has 0 bridgehead atoms. The lowest BCUT2D eigenvalue weighted by atomic mass is 9.95. The van der Waals surface area contributed by atoms with Crippen LogP contribution in [0.4, 0.5) is 0 Å². The number of hydrogen-bond donors (Lipinski definition) is 1. The van der Waals surface area contributed by atoms with Crippen LogP contribution in [0.25, 0.3) is 10.9 Å². The third kappa shape index (κ3) is 4.14. The van der Waals surface area contributed by atoms with Gasteiger partial charge in [0, 0.05) is 24.8 Å². The van der Waals surface area contributed by atoms with Gasteiger partial charge in [0.2, 0.25) is 0 Å². The predicted molar refractivity (Wildman–Crippen MR) is 120 cm³/mol. The number of rotatable bonds is 6. The van der Waals surface area contributed by atoms with Crippen LogP contribution in [0, 0.1) is 5.92 Å². The first-order chi connectivity index (χ1) is 15.6. The minimum Gasteiger partial charge on any atom is -0.497 e. The molecule has 4 heterocycles. The van der Waals surface area contributed by atoms with Gasteiger partial charge in [-0.3, -0.25) is 9.69 Å². The van der Waals surface area contributed by atoms with Crippen molar-refractivity contribution in [2.75, 3.05) is 26.8 Å². The van der Waals surface area contributed by atoms with Crippen molar-refractivity contribution in [2.45, 2.75) is 51.3 Å². The number of H-pyrrole nitrogens is 1. The maximum atomic E-state index is 13.3. The number of methoxy groups -OCH3 is 1. The smallest absolute Gasteiger partial charge is 0.253 e. The molecule has 9 heteroatoms. The Morgan fingerprint density at radius 2 is 2.19 bits per heavy atom. The average Bonchev–Trinajstić information content (AvgIpc) is 3.47. The zero-order valence-corrected chi connectivity index (χ0v) is 18.7. The number of nitrogens with zero attached hydrogens (tertiary/aromatic N) is 5. The van der Waals surface area contributed by atoms with E-state index in [2.05, 4.69) is 32.3 Å². The van der Waals surface area contributed by atoms with Crippen molar-refractivity contribution < 1.29 is 9.47 Å². The molecule has 0 amide bonds. The van der Waals surface area contributed by atoms with E-state index in [4.69, 9.17) is 9.47 Å². The number of piperidine rings is 1. The Morgan fingerprint density at radius 3 is 2.97 bits per heavy atom. The molecule has 0 aliphatic carbocycles. The first-order valence-electron chi connectivity index (χ1n) is 11.4. The lowest BCUT2D eigenvalue weighted by Crippen LogP contribution is -2.41. The number of ether oxygens (including phenoxy) is 2. The van der Waals surface area contributed by atoms with Crippen LogP contribution in [0.15, 0.2) is 29.1 Å². The Bertz CT molecular complexity index is 1140. The molecule has 3 aromatic rings. The summed E-state index contributed by atoms with van der Waals surface area (Å²) in [6, 6.07) is 7.38. The van der Waals surface area contributed by atoms with Crippen molar-refractivity contribution in [1.82, 2.24) is 30.1 Å². The Kier molecular flexibility index (Phi) is 5.93. The third-order valence-corrected chi connectivity index (χ3v) is 6.63. The van der Waals surface area contributed by atoms with Crippen molar-refractivity contribution in [3.8, 4) is 5.75 Å². The van der Waals surface area contributed by atoms with Crippen LogP contribution in [0.3, 0.4) is 0 Å². The van der Waals surface area contributed by atoms with Crippen LogP contribution >= 0.6 is 0 Å². The maximum absolute atomic E-state index is 13.3. The third-order valence-electron chi connectivity index (χ3n) is 6.63. The standard InChI is InChI=1S/C23H30N6O3/c1-15-5-3-9-28(13-15)21(22-25-26-27-29(22)14-18-6-4-10-32-18)19-11-16-7-8-17(31-2)12-20(16)24-23(19)30/h7-8,11-12,15,18,21H,3-6,9-10,13-14H2,1-2H3,(H,24,30)/t15-,18-,21-/m1/s1. The number of fused-ring (bicyclic) bond motifs is 1. The Morgan fingerprint density at radius 1 is 1.28 bits per heavy atom. The summed E-state index contributed by atoms with van der Waals surface area (Å²) >= 11 is 0. The highest BCUT2D eigenvalue weighted by Gasteiger charge is 2.33. The number of nitrogens with one attached hydrogen (secondary N) is 1. The summed E-state index contributed by atoms with van der Waals surface area (Å²) in [5.74, 6) is 1.97. The molecule has 2 fully saturated rings. The summed E-state index contributed by atoms with van der Waals surface area (Å²) in [5, 5.41) is 13.6. The van der Waals surface area contributed by atoms with Crippen LogP contribution < -0.4 is 10.3 Å². The molecule has 0 unspecified atom stereocenters. The van der Waals surface area contributed by atoms with Gasteiger partial charge < -0.3 is 14.5 Å². The number of hydrogen-bond acceptors (Lipinski definition) is 7. The van der Waals surface area contributed by atoms with Gasteiger partial charge in [-0.25, -0.2) is 4.68 Å². The van der Waals surface area contributed by atoms with E-state index in [0.29, 0.717) is 29.6 Å². The van der Waals surface area contributed by atoms with Gasteiger partial charge in [0.25, 0.3) is 5.56 Å². The molecule has 5 rings (SSSR count). The Balaban J connectivity index is 1.59. The van der Waals surface area contributed by atoms with E-state index in [0.717, 1.165) is 49.9 Å². The number of likely N-dealkylation sites (tertiary alicyclic amines) is 1. The van der Waals surface area contributed by atoms with Crippen LogP contribution in [0.1, 0.15) is 50.0 Å². The summed E-state index contributed by atoms with van der Waals surface area (Å²) in [6.45, 7) is 5.45. The molecule has 0 saturated carbocycles. The zero-order valence-electron chi connectivity index (χ0n) is 18.7. The first-order valence-corrected chi connectivity index (χ1v) is 11.4. The molecular weight excluding hydrogens is 408 g/mol. The van der Waals surface area contributed by atoms with Gasteiger partial charge in [-0.1, -0.05) is 6.92 Å². The molecule has 2 saturated heterocycles. The van der Waals surface area contributed by atoms with E-state index >= 15 is 0 Å². The van der Waals surface area contributed by atoms with Gasteiger partial charge >= 0.3 is 0 Å². The summed E-state index contributed by atoms with van der Waals surface area (Å²) in [7, 11) is 1.62. The van der Waals surface area contributed by atoms with Crippen LogP contribution in [0.5, 0.6) is 5.75 Å². The van der Waals surface area contributed by atoms with Gasteiger partial charge in [0.05, 0.1) is 25.3 Å². The normalized spacial score (nSPS) is 22.9. The van der Waals surface area contributed by atoms with Crippen molar-refractivity contribution in [3.05, 3.63) is 46.0 Å². The average molecular weight is 439 g/mol. The molecule has 3 atom stereocenters. The highest BCUT2D eigenvalue weighted by molar-refractivity contribution is 5.80. The van der Waals surface area contributed by atoms with Crippen LogP contribution in [-0.2, 0) is 11.3 Å². The molecule has 1 aromatic carbocycles. The largest absolute Gasteiger partial charge is 0.497 e. The topological polar surface area (TPSA) is 98.2 Å². The fourth-order valence-electron chi connectivity index (χ4n) is 5.01. The van der Waals surface area contributed by atoms with Gasteiger partial charge in [-0.2, -0.15) is 0 Å². The summed E-state index contributed by atoms with van der Waals surface area (Å²) < 4.78 is 13.0. The lowest BCUT2D eigenvalue weighted by Gasteiger charge is -2.36. The number of tetrazole rings is 1. The fourth-order valence-corrected chi connectivity index (χ4v) is 5.01. The highest BCUT2D eigenvalue weighted by atomic mass is 16.5. The highest BCUT2D eigenvalue weighted by Crippen LogP contribution is 2.31. The van der Waals surface area contributed by atoms with E-state index in [-0.39, 0.29) is 17.7 Å². The predicted octanol–water partition coefficient (Wildman–Crippen LogP) is 2.52. The molecule has 0 spiro atoms. The molecule has 1 N–H and O–H groups in total. The van der Waals surface area contributed by atoms with Crippen LogP contribution in [0.2, 0.25) is 0 Å². The Labute approximate surface area is 186 Å². The zero-order chi connectivity index (χ0) is 22.1. The van der Waals surface area contributed by atoms with E-state index in [1.807, 2.05) is 28.9 Å². The van der Waals surface area contributed by atoms with Gasteiger partial charge in [0.15, 0.2) is 5.82 Å². The summed E-state index contributed by atoms with van der Waals surface area (Å²) in [5.41, 5.74) is 1.30. The Hall–Kier alpha value is -2.78. The van der Waals surface area contributed by atoms with Crippen molar-refractivity contribution in [1.29, 1.82) is 0 Å². The number of aromatic amines is 1. The van der Waals surface area contributed by atoms with E-state index in [1.165, 1.54) is 6.42 Å². The number of benzene rings is 1. The quantitative estimate of drug-likeness (QED) is 0.631. The SMILES string of the molecule is COc1ccc2cc([C@H](c3nnnn3C[C@H]3CCCO3)N3CCC[C@@H](C)C3)c(=O)[nH]c2c1. The first kappa shape index (κ1) is 21.1. The minimum atomic E-state index is -0.315. The summed E-state index contributed by atoms with van der Waals surface area (Å²) in [4.78, 5) is 18.7. The van der Waals surface area contributed by atoms with Gasteiger partial charge in [0.1, 0.15) is 11.8 Å². The second-order valence-electron chi connectivity index (χ2n) is 9.01. The van der Waals surface area contributed by atoms with Gasteiger partial charge in [-0.05, 0) is 72.2 Å². The van der Waals surface area contributed by atoms with Crippen LogP contribution in [-0.4, -0.2) is 63.0 Å². The van der Waals surface area contributed by atoms with E-state index in [9.17, 15) is 4.79 Å². The molecule has 2 aliphatic rings. The molecule has 9 nitrogen and oxygen atoms in total. The van der Waals surface area contributed by atoms with Crippen molar-refractivity contribution in [2.24, 2.45) is 5.92 Å². The second-order valence-corrected chi connectivity index (χ2v) is 9.01. The fraction of sp³-hybridized carbons (Fsp3) is 0.565.